The van der Waals surface area contributed by atoms with Crippen LogP contribution in [0, 0.1) is 0 Å². The monoisotopic (exact) mass is 610 g/mol. The van der Waals surface area contributed by atoms with Gasteiger partial charge in [0.2, 0.25) is 0 Å². The predicted octanol–water partition coefficient (Wildman–Crippen LogP) is 6.62. The van der Waals surface area contributed by atoms with Crippen LogP contribution < -0.4 is 5.32 Å². The van der Waals surface area contributed by atoms with Crippen molar-refractivity contribution in [2.45, 2.75) is 63.1 Å². The second-order valence-corrected chi connectivity index (χ2v) is 11.7. The first kappa shape index (κ1) is 33.2. The second kappa shape index (κ2) is 15.3. The van der Waals surface area contributed by atoms with Gasteiger partial charge in [0.1, 0.15) is 0 Å². The summed E-state index contributed by atoms with van der Waals surface area (Å²) in [7, 11) is 0. The topological polar surface area (TPSA) is 78.9 Å². The van der Waals surface area contributed by atoms with Crippen LogP contribution in [0.2, 0.25) is 0 Å². The van der Waals surface area contributed by atoms with Crippen LogP contribution in [0.15, 0.2) is 78.9 Å². The summed E-state index contributed by atoms with van der Waals surface area (Å²) in [6, 6.07) is 21.8. The quantitative estimate of drug-likeness (QED) is 0.168. The number of carbonyl (C=O) groups is 2. The Morgan fingerprint density at radius 1 is 0.909 bits per heavy atom. The van der Waals surface area contributed by atoms with Gasteiger partial charge in [-0.15, -0.1) is 0 Å². The number of halogens is 3. The maximum absolute atomic E-state index is 13.2. The summed E-state index contributed by atoms with van der Waals surface area (Å²) in [5.74, 6) is -0.496. The molecule has 9 heteroatoms. The maximum Gasteiger partial charge on any atom is 0.416 e. The first-order chi connectivity index (χ1) is 21.1. The lowest BCUT2D eigenvalue weighted by molar-refractivity contribution is -0.145. The standard InChI is InChI=1S/C35H41F3N2O4/c1-34(27-9-3-2-4-10-27,25-32(42)44-24-8-23-41)19-7-20-40-21-17-29(18-22-40)39-33(43)31-12-6-5-11-30(31)26-13-15-28(16-14-26)35(36,37)38/h2-6,9-16,29,41H,7-8,17-25H2,1H3,(H,39,43). The lowest BCUT2D eigenvalue weighted by Gasteiger charge is -2.34. The van der Waals surface area contributed by atoms with E-state index in [1.807, 2.05) is 30.3 Å². The van der Waals surface area contributed by atoms with Gasteiger partial charge in [-0.3, -0.25) is 9.59 Å². The number of hydrogen-bond acceptors (Lipinski definition) is 5. The van der Waals surface area contributed by atoms with Gasteiger partial charge in [-0.2, -0.15) is 13.2 Å². The first-order valence-electron chi connectivity index (χ1n) is 15.2. The number of amides is 1. The van der Waals surface area contributed by atoms with Gasteiger partial charge in [-0.05, 0) is 67.1 Å². The number of carbonyl (C=O) groups excluding carboxylic acids is 2. The van der Waals surface area contributed by atoms with E-state index in [0.717, 1.165) is 63.0 Å². The predicted molar refractivity (Wildman–Crippen MR) is 164 cm³/mol. The zero-order valence-electron chi connectivity index (χ0n) is 25.1. The molecule has 236 valence electrons. The number of rotatable bonds is 13. The number of nitrogens with one attached hydrogen (secondary N) is 1. The molecule has 3 aromatic rings. The van der Waals surface area contributed by atoms with Crippen molar-refractivity contribution >= 4 is 11.9 Å². The third-order valence-electron chi connectivity index (χ3n) is 8.39. The average Bonchev–Trinajstić information content (AvgIpc) is 3.02. The first-order valence-corrected chi connectivity index (χ1v) is 15.2. The number of aliphatic hydroxyl groups excluding tert-OH is 1. The zero-order chi connectivity index (χ0) is 31.6. The van der Waals surface area contributed by atoms with Gasteiger partial charge in [0, 0.05) is 43.1 Å². The van der Waals surface area contributed by atoms with Gasteiger partial charge in [-0.1, -0.05) is 67.6 Å². The molecule has 1 unspecified atom stereocenters. The Balaban J connectivity index is 1.29. The van der Waals surface area contributed by atoms with Crippen molar-refractivity contribution in [2.24, 2.45) is 0 Å². The van der Waals surface area contributed by atoms with Crippen LogP contribution in [0.3, 0.4) is 0 Å². The molecule has 6 nitrogen and oxygen atoms in total. The van der Waals surface area contributed by atoms with Gasteiger partial charge in [-0.25, -0.2) is 0 Å². The molecular formula is C35H41F3N2O4. The number of benzene rings is 3. The van der Waals surface area contributed by atoms with Crippen LogP contribution in [0.25, 0.3) is 11.1 Å². The van der Waals surface area contributed by atoms with Crippen molar-refractivity contribution in [3.63, 3.8) is 0 Å². The third-order valence-corrected chi connectivity index (χ3v) is 8.39. The highest BCUT2D eigenvalue weighted by molar-refractivity contribution is 6.01. The fourth-order valence-corrected chi connectivity index (χ4v) is 5.82. The summed E-state index contributed by atoms with van der Waals surface area (Å²) >= 11 is 0. The van der Waals surface area contributed by atoms with Crippen molar-refractivity contribution in [3.05, 3.63) is 95.6 Å². The van der Waals surface area contributed by atoms with Crippen LogP contribution in [0.5, 0.6) is 0 Å². The van der Waals surface area contributed by atoms with E-state index in [1.54, 1.807) is 24.3 Å². The number of esters is 1. The van der Waals surface area contributed by atoms with Gasteiger partial charge >= 0.3 is 12.1 Å². The highest BCUT2D eigenvalue weighted by Gasteiger charge is 2.32. The van der Waals surface area contributed by atoms with E-state index < -0.39 is 11.7 Å². The average molecular weight is 611 g/mol. The number of piperidine rings is 1. The molecule has 0 aromatic heterocycles. The number of aliphatic hydroxyl groups is 1. The van der Waals surface area contributed by atoms with E-state index in [9.17, 15) is 22.8 Å². The van der Waals surface area contributed by atoms with Crippen molar-refractivity contribution in [2.75, 3.05) is 32.8 Å². The summed E-state index contributed by atoms with van der Waals surface area (Å²) in [6.45, 7) is 4.83. The molecule has 0 bridgehead atoms. The Morgan fingerprint density at radius 2 is 1.57 bits per heavy atom. The van der Waals surface area contributed by atoms with Crippen molar-refractivity contribution in [1.29, 1.82) is 0 Å². The summed E-state index contributed by atoms with van der Waals surface area (Å²) in [5.41, 5.74) is 1.58. The Labute approximate surface area is 257 Å². The van der Waals surface area contributed by atoms with E-state index in [1.165, 1.54) is 12.1 Å². The number of likely N-dealkylation sites (tertiary alicyclic amines) is 1. The maximum atomic E-state index is 13.2. The molecule has 1 saturated heterocycles. The molecule has 1 amide bonds. The highest BCUT2D eigenvalue weighted by atomic mass is 19.4. The van der Waals surface area contributed by atoms with Crippen LogP contribution >= 0.6 is 0 Å². The number of nitrogens with zero attached hydrogens (tertiary/aromatic N) is 1. The largest absolute Gasteiger partial charge is 0.466 e. The molecule has 1 aliphatic heterocycles. The molecule has 4 rings (SSSR count). The van der Waals surface area contributed by atoms with Crippen LogP contribution in [0.4, 0.5) is 13.2 Å². The SMILES string of the molecule is CC(CCCN1CCC(NC(=O)c2ccccc2-c2ccc(C(F)(F)F)cc2)CC1)(CC(=O)OCCCO)c1ccccc1. The molecule has 1 aliphatic rings. The van der Waals surface area contributed by atoms with E-state index >= 15 is 0 Å². The molecule has 3 aromatic carbocycles. The summed E-state index contributed by atoms with van der Waals surface area (Å²) in [4.78, 5) is 28.2. The fourth-order valence-electron chi connectivity index (χ4n) is 5.82. The Kier molecular flexibility index (Phi) is 11.6. The number of ether oxygens (including phenoxy) is 1. The van der Waals surface area contributed by atoms with E-state index in [0.29, 0.717) is 23.1 Å². The Hall–Kier alpha value is -3.69. The van der Waals surface area contributed by atoms with Gasteiger partial charge in [0.15, 0.2) is 0 Å². The Bertz CT molecular complexity index is 1360. The van der Waals surface area contributed by atoms with Gasteiger partial charge in [0.25, 0.3) is 5.91 Å². The van der Waals surface area contributed by atoms with Crippen LogP contribution in [-0.2, 0) is 21.1 Å². The van der Waals surface area contributed by atoms with Crippen molar-refractivity contribution in [1.82, 2.24) is 10.2 Å². The third kappa shape index (κ3) is 9.16. The highest BCUT2D eigenvalue weighted by Crippen LogP contribution is 2.34. The minimum absolute atomic E-state index is 0.00249. The van der Waals surface area contributed by atoms with Gasteiger partial charge in [0.05, 0.1) is 18.6 Å². The van der Waals surface area contributed by atoms with Crippen molar-refractivity contribution < 1.29 is 32.6 Å². The van der Waals surface area contributed by atoms with Crippen LogP contribution in [0.1, 0.15) is 66.9 Å². The smallest absolute Gasteiger partial charge is 0.416 e. The fraction of sp³-hybridized carbons (Fsp3) is 0.429. The van der Waals surface area contributed by atoms with E-state index in [2.05, 4.69) is 17.1 Å². The molecule has 0 aliphatic carbocycles. The molecule has 1 heterocycles. The summed E-state index contributed by atoms with van der Waals surface area (Å²) in [5, 5.41) is 12.1. The molecule has 0 spiro atoms. The molecule has 1 atom stereocenters. The summed E-state index contributed by atoms with van der Waals surface area (Å²) in [6.07, 6.45) is -0.430. The minimum Gasteiger partial charge on any atom is -0.466 e. The Morgan fingerprint density at radius 3 is 2.23 bits per heavy atom. The van der Waals surface area contributed by atoms with Crippen LogP contribution in [-0.4, -0.2) is 60.8 Å². The molecule has 0 radical (unpaired) electrons. The number of alkyl halides is 3. The summed E-state index contributed by atoms with van der Waals surface area (Å²) < 4.78 is 44.4. The van der Waals surface area contributed by atoms with Crippen molar-refractivity contribution in [3.8, 4) is 11.1 Å². The van der Waals surface area contributed by atoms with E-state index in [-0.39, 0.29) is 43.0 Å². The second-order valence-electron chi connectivity index (χ2n) is 11.7. The molecular weight excluding hydrogens is 569 g/mol. The van der Waals surface area contributed by atoms with E-state index in [4.69, 9.17) is 9.84 Å². The number of hydrogen-bond donors (Lipinski definition) is 2. The molecule has 2 N–H and O–H groups in total. The van der Waals surface area contributed by atoms with Gasteiger partial charge < -0.3 is 20.1 Å². The minimum atomic E-state index is -4.42. The molecule has 1 fully saturated rings. The normalized spacial score (nSPS) is 15.8. The zero-order valence-corrected chi connectivity index (χ0v) is 25.1. The lowest BCUT2D eigenvalue weighted by atomic mass is 9.76. The molecule has 0 saturated carbocycles. The lowest BCUT2D eigenvalue weighted by Crippen LogP contribution is -2.45. The molecule has 44 heavy (non-hydrogen) atoms.